The molecule has 0 spiro atoms. The van der Waals surface area contributed by atoms with E-state index in [1.807, 2.05) is 44.2 Å². The molecule has 8 heteroatoms. The fraction of sp³-hybridized carbons (Fsp3) is 0.185. The first-order chi connectivity index (χ1) is 16.8. The summed E-state index contributed by atoms with van der Waals surface area (Å²) < 4.78 is 5.55. The highest BCUT2D eigenvalue weighted by molar-refractivity contribution is 6.39. The topological polar surface area (TPSA) is 109 Å². The van der Waals surface area contributed by atoms with E-state index in [1.165, 1.54) is 11.8 Å². The second-order valence-electron chi connectivity index (χ2n) is 7.91. The lowest BCUT2D eigenvalue weighted by molar-refractivity contribution is -0.136. The van der Waals surface area contributed by atoms with Crippen LogP contribution in [-0.2, 0) is 20.8 Å². The number of carbonyl (C=O) groups is 3. The third-order valence-corrected chi connectivity index (χ3v) is 5.22. The Morgan fingerprint density at radius 1 is 0.857 bits per heavy atom. The Bertz CT molecular complexity index is 1240. The molecule has 0 saturated heterocycles. The van der Waals surface area contributed by atoms with Crippen molar-refractivity contribution >= 4 is 35.3 Å². The zero-order valence-electron chi connectivity index (χ0n) is 19.9. The standard InChI is InChI=1S/C27H28N4O4/c1-4-20-9-12-22(13-10-20)29-25(32)17-35-24-7-5-6-21(15-24)16-28-31-27(34)26(33)30-23-11-8-18(2)19(3)14-23/h5-16H,4,17H2,1-3H3,(H,29,32)(H,30,33)(H,31,34)/b28-16-. The molecule has 0 heterocycles. The Kier molecular flexibility index (Phi) is 8.72. The average molecular weight is 473 g/mol. The first-order valence-corrected chi connectivity index (χ1v) is 11.2. The SMILES string of the molecule is CCc1ccc(NC(=O)COc2cccc(/C=N\NC(=O)C(=O)Nc3ccc(C)c(C)c3)c2)cc1. The summed E-state index contributed by atoms with van der Waals surface area (Å²) in [5.74, 6) is -1.53. The van der Waals surface area contributed by atoms with Gasteiger partial charge >= 0.3 is 11.8 Å². The molecule has 0 aliphatic rings. The van der Waals surface area contributed by atoms with Gasteiger partial charge in [0.2, 0.25) is 0 Å². The summed E-state index contributed by atoms with van der Waals surface area (Å²) in [6.07, 6.45) is 2.31. The molecule has 0 aliphatic carbocycles. The van der Waals surface area contributed by atoms with Gasteiger partial charge in [0.1, 0.15) is 5.75 Å². The van der Waals surface area contributed by atoms with E-state index in [-0.39, 0.29) is 12.5 Å². The van der Waals surface area contributed by atoms with Gasteiger partial charge in [0.25, 0.3) is 5.91 Å². The number of hydrogen-bond donors (Lipinski definition) is 3. The fourth-order valence-electron chi connectivity index (χ4n) is 3.08. The van der Waals surface area contributed by atoms with E-state index in [0.29, 0.717) is 22.7 Å². The van der Waals surface area contributed by atoms with Crippen molar-refractivity contribution in [3.05, 3.63) is 89.0 Å². The van der Waals surface area contributed by atoms with E-state index >= 15 is 0 Å². The fourth-order valence-corrected chi connectivity index (χ4v) is 3.08. The summed E-state index contributed by atoms with van der Waals surface area (Å²) in [6.45, 7) is 5.79. The lowest BCUT2D eigenvalue weighted by Crippen LogP contribution is -2.32. The van der Waals surface area contributed by atoms with Crippen LogP contribution in [0, 0.1) is 13.8 Å². The zero-order chi connectivity index (χ0) is 25.2. The molecule has 0 saturated carbocycles. The molecule has 0 atom stereocenters. The molecule has 0 bridgehead atoms. The number of rotatable bonds is 8. The molecule has 35 heavy (non-hydrogen) atoms. The molecule has 3 rings (SSSR count). The summed E-state index contributed by atoms with van der Waals surface area (Å²) in [5, 5.41) is 9.14. The highest BCUT2D eigenvalue weighted by atomic mass is 16.5. The van der Waals surface area contributed by atoms with Gasteiger partial charge in [-0.3, -0.25) is 14.4 Å². The van der Waals surface area contributed by atoms with E-state index in [1.54, 1.807) is 36.4 Å². The first-order valence-electron chi connectivity index (χ1n) is 11.2. The zero-order valence-corrected chi connectivity index (χ0v) is 19.9. The number of ether oxygens (including phenoxy) is 1. The number of amides is 3. The van der Waals surface area contributed by atoms with Crippen LogP contribution in [0.2, 0.25) is 0 Å². The van der Waals surface area contributed by atoms with E-state index in [0.717, 1.165) is 17.5 Å². The van der Waals surface area contributed by atoms with Crippen molar-refractivity contribution in [1.29, 1.82) is 0 Å². The highest BCUT2D eigenvalue weighted by Gasteiger charge is 2.13. The van der Waals surface area contributed by atoms with Crippen LogP contribution < -0.4 is 20.8 Å². The number of hydrazone groups is 1. The van der Waals surface area contributed by atoms with Crippen molar-refractivity contribution in [3.63, 3.8) is 0 Å². The smallest absolute Gasteiger partial charge is 0.329 e. The number of carbonyl (C=O) groups excluding carboxylic acids is 3. The molecule has 0 radical (unpaired) electrons. The molecule has 0 aliphatic heterocycles. The van der Waals surface area contributed by atoms with E-state index in [4.69, 9.17) is 4.74 Å². The van der Waals surface area contributed by atoms with Gasteiger partial charge in [-0.1, -0.05) is 37.3 Å². The Hall–Kier alpha value is -4.46. The van der Waals surface area contributed by atoms with E-state index < -0.39 is 11.8 Å². The van der Waals surface area contributed by atoms with E-state index in [2.05, 4.69) is 28.1 Å². The summed E-state index contributed by atoms with van der Waals surface area (Å²) in [5.41, 5.74) is 7.33. The second-order valence-corrected chi connectivity index (χ2v) is 7.91. The van der Waals surface area contributed by atoms with Crippen molar-refractivity contribution in [2.24, 2.45) is 5.10 Å². The quantitative estimate of drug-likeness (QED) is 0.262. The molecule has 0 fully saturated rings. The number of nitrogens with zero attached hydrogens (tertiary/aromatic N) is 1. The molecule has 3 aromatic carbocycles. The maximum absolute atomic E-state index is 12.2. The van der Waals surface area contributed by atoms with Crippen LogP contribution in [0.15, 0.2) is 71.8 Å². The Morgan fingerprint density at radius 3 is 2.31 bits per heavy atom. The number of hydrogen-bond acceptors (Lipinski definition) is 5. The van der Waals surface area contributed by atoms with Gasteiger partial charge in [-0.05, 0) is 78.9 Å². The van der Waals surface area contributed by atoms with Crippen LogP contribution in [0.3, 0.4) is 0 Å². The van der Waals surface area contributed by atoms with Crippen molar-refractivity contribution in [2.45, 2.75) is 27.2 Å². The molecule has 0 unspecified atom stereocenters. The summed E-state index contributed by atoms with van der Waals surface area (Å²) >= 11 is 0. The minimum absolute atomic E-state index is 0.161. The molecule has 3 N–H and O–H groups in total. The number of anilines is 2. The summed E-state index contributed by atoms with van der Waals surface area (Å²) in [6, 6.07) is 19.8. The third-order valence-electron chi connectivity index (χ3n) is 5.22. The van der Waals surface area contributed by atoms with Gasteiger partial charge in [0.15, 0.2) is 6.61 Å². The first kappa shape index (κ1) is 25.2. The maximum Gasteiger partial charge on any atom is 0.329 e. The summed E-state index contributed by atoms with van der Waals surface area (Å²) in [4.78, 5) is 36.2. The van der Waals surface area contributed by atoms with Crippen molar-refractivity contribution < 1.29 is 19.1 Å². The molecular weight excluding hydrogens is 444 g/mol. The van der Waals surface area contributed by atoms with Crippen molar-refractivity contribution in [1.82, 2.24) is 5.43 Å². The maximum atomic E-state index is 12.2. The summed E-state index contributed by atoms with van der Waals surface area (Å²) in [7, 11) is 0. The Labute approximate surface area is 204 Å². The van der Waals surface area contributed by atoms with Gasteiger partial charge in [-0.15, -0.1) is 0 Å². The lowest BCUT2D eigenvalue weighted by Gasteiger charge is -2.08. The minimum atomic E-state index is -0.893. The monoisotopic (exact) mass is 472 g/mol. The van der Waals surface area contributed by atoms with Gasteiger partial charge < -0.3 is 15.4 Å². The van der Waals surface area contributed by atoms with Crippen LogP contribution in [0.25, 0.3) is 0 Å². The Morgan fingerprint density at radius 2 is 1.60 bits per heavy atom. The lowest BCUT2D eigenvalue weighted by atomic mass is 10.1. The van der Waals surface area contributed by atoms with E-state index in [9.17, 15) is 14.4 Å². The van der Waals surface area contributed by atoms with Gasteiger partial charge in [-0.2, -0.15) is 5.10 Å². The van der Waals surface area contributed by atoms with Crippen LogP contribution in [-0.4, -0.2) is 30.5 Å². The van der Waals surface area contributed by atoms with Crippen LogP contribution >= 0.6 is 0 Å². The third kappa shape index (κ3) is 7.82. The van der Waals surface area contributed by atoms with Gasteiger partial charge in [0.05, 0.1) is 6.21 Å². The Balaban J connectivity index is 1.47. The number of aryl methyl sites for hydroxylation is 3. The van der Waals surface area contributed by atoms with Crippen LogP contribution in [0.4, 0.5) is 11.4 Å². The van der Waals surface area contributed by atoms with Crippen molar-refractivity contribution in [2.75, 3.05) is 17.2 Å². The normalized spacial score (nSPS) is 10.6. The predicted molar refractivity (Wildman–Crippen MR) is 137 cm³/mol. The number of benzene rings is 3. The van der Waals surface area contributed by atoms with Crippen LogP contribution in [0.5, 0.6) is 5.75 Å². The predicted octanol–water partition coefficient (Wildman–Crippen LogP) is 3.97. The molecule has 8 nitrogen and oxygen atoms in total. The minimum Gasteiger partial charge on any atom is -0.484 e. The molecule has 0 aromatic heterocycles. The highest BCUT2D eigenvalue weighted by Crippen LogP contribution is 2.15. The molecular formula is C27H28N4O4. The second kappa shape index (κ2) is 12.1. The average Bonchev–Trinajstić information content (AvgIpc) is 2.85. The van der Waals surface area contributed by atoms with Crippen molar-refractivity contribution in [3.8, 4) is 5.75 Å². The molecule has 3 amide bonds. The molecule has 180 valence electrons. The molecule has 3 aromatic rings. The van der Waals surface area contributed by atoms with Gasteiger partial charge in [-0.25, -0.2) is 5.43 Å². The van der Waals surface area contributed by atoms with Crippen LogP contribution in [0.1, 0.15) is 29.2 Å². The number of nitrogens with one attached hydrogen (secondary N) is 3. The van der Waals surface area contributed by atoms with Gasteiger partial charge in [0, 0.05) is 11.4 Å². The largest absolute Gasteiger partial charge is 0.484 e.